The molecule has 12 heavy (non-hydrogen) atoms. The molecule has 0 radical (unpaired) electrons. The van der Waals surface area contributed by atoms with Gasteiger partial charge in [0.25, 0.3) is 0 Å². The van der Waals surface area contributed by atoms with E-state index < -0.39 is 11.7 Å². The molecule has 0 spiro atoms. The average Bonchev–Trinajstić information content (AvgIpc) is 1.97. The molecule has 3 atom stereocenters. The summed E-state index contributed by atoms with van der Waals surface area (Å²) in [4.78, 5) is 0. The zero-order valence-corrected chi connectivity index (χ0v) is 8.25. The average molecular weight is 172 g/mol. The predicted molar refractivity (Wildman–Crippen MR) is 48.8 cm³/mol. The van der Waals surface area contributed by atoms with Gasteiger partial charge in [0.1, 0.15) is 0 Å². The highest BCUT2D eigenvalue weighted by Crippen LogP contribution is 2.36. The minimum Gasteiger partial charge on any atom is -0.390 e. The van der Waals surface area contributed by atoms with E-state index in [-0.39, 0.29) is 5.92 Å². The van der Waals surface area contributed by atoms with Crippen molar-refractivity contribution in [2.45, 2.75) is 51.7 Å². The van der Waals surface area contributed by atoms with Gasteiger partial charge in [-0.15, -0.1) is 0 Å². The maximum absolute atomic E-state index is 10.1. The molecule has 1 fully saturated rings. The molecule has 0 aromatic rings. The zero-order valence-electron chi connectivity index (χ0n) is 8.25. The van der Waals surface area contributed by atoms with Gasteiger partial charge in [-0.2, -0.15) is 0 Å². The van der Waals surface area contributed by atoms with E-state index in [1.807, 2.05) is 13.8 Å². The standard InChI is InChI=1S/C10H20O2/c1-7(2)10(12)5-4-8(3)6-9(10)11/h7-9,11-12H,4-6H2,1-3H3/t8-,9-,10-/m1/s1. The second-order valence-corrected chi connectivity index (χ2v) is 4.54. The lowest BCUT2D eigenvalue weighted by Gasteiger charge is -2.42. The van der Waals surface area contributed by atoms with Gasteiger partial charge in [0.15, 0.2) is 0 Å². The first-order chi connectivity index (χ1) is 5.47. The van der Waals surface area contributed by atoms with Gasteiger partial charge in [-0.1, -0.05) is 20.8 Å². The Morgan fingerprint density at radius 3 is 2.42 bits per heavy atom. The molecular weight excluding hydrogens is 152 g/mol. The minimum absolute atomic E-state index is 0.153. The van der Waals surface area contributed by atoms with Crippen LogP contribution in [0.25, 0.3) is 0 Å². The zero-order chi connectivity index (χ0) is 9.35. The van der Waals surface area contributed by atoms with Crippen molar-refractivity contribution in [1.82, 2.24) is 0 Å². The fourth-order valence-corrected chi connectivity index (χ4v) is 2.02. The highest BCUT2D eigenvalue weighted by atomic mass is 16.3. The Morgan fingerprint density at radius 1 is 1.42 bits per heavy atom. The summed E-state index contributed by atoms with van der Waals surface area (Å²) in [5.41, 5.74) is -0.827. The van der Waals surface area contributed by atoms with Crippen LogP contribution in [0.3, 0.4) is 0 Å². The Kier molecular flexibility index (Phi) is 2.79. The first-order valence-corrected chi connectivity index (χ1v) is 4.87. The lowest BCUT2D eigenvalue weighted by Crippen LogP contribution is -2.50. The molecule has 2 nitrogen and oxygen atoms in total. The number of hydrogen-bond donors (Lipinski definition) is 2. The molecule has 1 saturated carbocycles. The van der Waals surface area contributed by atoms with E-state index in [4.69, 9.17) is 0 Å². The van der Waals surface area contributed by atoms with Gasteiger partial charge >= 0.3 is 0 Å². The first kappa shape index (κ1) is 10.0. The van der Waals surface area contributed by atoms with Crippen molar-refractivity contribution in [1.29, 1.82) is 0 Å². The van der Waals surface area contributed by atoms with Gasteiger partial charge < -0.3 is 10.2 Å². The van der Waals surface area contributed by atoms with Gasteiger partial charge in [0.05, 0.1) is 11.7 Å². The van der Waals surface area contributed by atoms with E-state index in [0.717, 1.165) is 19.3 Å². The van der Waals surface area contributed by atoms with Crippen LogP contribution < -0.4 is 0 Å². The van der Waals surface area contributed by atoms with Crippen molar-refractivity contribution in [2.24, 2.45) is 11.8 Å². The third kappa shape index (κ3) is 1.64. The van der Waals surface area contributed by atoms with Gasteiger partial charge in [0.2, 0.25) is 0 Å². The van der Waals surface area contributed by atoms with Gasteiger partial charge in [0, 0.05) is 0 Å². The lowest BCUT2D eigenvalue weighted by atomic mass is 9.72. The Bertz CT molecular complexity index is 156. The fraction of sp³-hybridized carbons (Fsp3) is 1.00. The van der Waals surface area contributed by atoms with Gasteiger partial charge in [-0.25, -0.2) is 0 Å². The summed E-state index contributed by atoms with van der Waals surface area (Å²) in [7, 11) is 0. The maximum atomic E-state index is 10.1. The van der Waals surface area contributed by atoms with Crippen molar-refractivity contribution < 1.29 is 10.2 Å². The second kappa shape index (κ2) is 3.35. The number of aliphatic hydroxyl groups excluding tert-OH is 1. The smallest absolute Gasteiger partial charge is 0.0928 e. The summed E-state index contributed by atoms with van der Waals surface area (Å²) in [6.45, 7) is 6.07. The molecule has 2 N–H and O–H groups in total. The SMILES string of the molecule is CC(C)[C@]1(O)CC[C@@H](C)C[C@H]1O. The van der Waals surface area contributed by atoms with E-state index in [9.17, 15) is 10.2 Å². The second-order valence-electron chi connectivity index (χ2n) is 4.54. The molecule has 1 aliphatic rings. The summed E-state index contributed by atoms with van der Waals surface area (Å²) in [5, 5.41) is 19.8. The highest BCUT2D eigenvalue weighted by Gasteiger charge is 2.42. The third-order valence-electron chi connectivity index (χ3n) is 3.24. The van der Waals surface area contributed by atoms with E-state index in [0.29, 0.717) is 5.92 Å². The third-order valence-corrected chi connectivity index (χ3v) is 3.24. The van der Waals surface area contributed by atoms with Crippen LogP contribution in [-0.4, -0.2) is 21.9 Å². The quantitative estimate of drug-likeness (QED) is 0.630. The van der Waals surface area contributed by atoms with Crippen molar-refractivity contribution in [2.75, 3.05) is 0 Å². The van der Waals surface area contributed by atoms with E-state index in [1.54, 1.807) is 0 Å². The van der Waals surface area contributed by atoms with Crippen LogP contribution in [0.2, 0.25) is 0 Å². The molecule has 0 heterocycles. The molecule has 0 aliphatic heterocycles. The Hall–Kier alpha value is -0.0800. The Balaban J connectivity index is 2.66. The molecule has 0 aromatic carbocycles. The van der Waals surface area contributed by atoms with Crippen molar-refractivity contribution in [3.8, 4) is 0 Å². The van der Waals surface area contributed by atoms with Gasteiger partial charge in [-0.05, 0) is 31.1 Å². The lowest BCUT2D eigenvalue weighted by molar-refractivity contribution is -0.136. The van der Waals surface area contributed by atoms with Crippen LogP contribution in [-0.2, 0) is 0 Å². The van der Waals surface area contributed by atoms with Gasteiger partial charge in [-0.3, -0.25) is 0 Å². The molecule has 1 aliphatic carbocycles. The van der Waals surface area contributed by atoms with Crippen molar-refractivity contribution in [3.63, 3.8) is 0 Å². The molecule has 72 valence electrons. The van der Waals surface area contributed by atoms with Crippen LogP contribution in [0, 0.1) is 11.8 Å². The summed E-state index contributed by atoms with van der Waals surface area (Å²) in [5.74, 6) is 0.707. The summed E-state index contributed by atoms with van der Waals surface area (Å²) < 4.78 is 0. The van der Waals surface area contributed by atoms with E-state index in [1.165, 1.54) is 0 Å². The first-order valence-electron chi connectivity index (χ1n) is 4.87. The van der Waals surface area contributed by atoms with Crippen LogP contribution in [0.5, 0.6) is 0 Å². The summed E-state index contributed by atoms with van der Waals surface area (Å²) in [6.07, 6.45) is 1.99. The monoisotopic (exact) mass is 172 g/mol. The summed E-state index contributed by atoms with van der Waals surface area (Å²) in [6, 6.07) is 0. The normalized spacial score (nSPS) is 43.5. The van der Waals surface area contributed by atoms with Crippen LogP contribution in [0.1, 0.15) is 40.0 Å². The molecule has 0 unspecified atom stereocenters. The van der Waals surface area contributed by atoms with Crippen molar-refractivity contribution in [3.05, 3.63) is 0 Å². The molecule has 2 heteroatoms. The molecule has 1 rings (SSSR count). The topological polar surface area (TPSA) is 40.5 Å². The maximum Gasteiger partial charge on any atom is 0.0928 e. The predicted octanol–water partition coefficient (Wildman–Crippen LogP) is 1.55. The summed E-state index contributed by atoms with van der Waals surface area (Å²) >= 11 is 0. The number of rotatable bonds is 1. The molecule has 0 saturated heterocycles. The minimum atomic E-state index is -0.827. The molecule has 0 aromatic heterocycles. The van der Waals surface area contributed by atoms with Crippen LogP contribution >= 0.6 is 0 Å². The Morgan fingerprint density at radius 2 is 2.00 bits per heavy atom. The van der Waals surface area contributed by atoms with E-state index >= 15 is 0 Å². The largest absolute Gasteiger partial charge is 0.390 e. The molecule has 0 bridgehead atoms. The fourth-order valence-electron chi connectivity index (χ4n) is 2.02. The van der Waals surface area contributed by atoms with Crippen LogP contribution in [0.4, 0.5) is 0 Å². The number of aliphatic hydroxyl groups is 2. The van der Waals surface area contributed by atoms with E-state index in [2.05, 4.69) is 6.92 Å². The molecular formula is C10H20O2. The Labute approximate surface area is 74.6 Å². The molecule has 0 amide bonds. The van der Waals surface area contributed by atoms with Crippen molar-refractivity contribution >= 4 is 0 Å². The van der Waals surface area contributed by atoms with Crippen LogP contribution in [0.15, 0.2) is 0 Å². The number of hydrogen-bond acceptors (Lipinski definition) is 2. The highest BCUT2D eigenvalue weighted by molar-refractivity contribution is 4.93.